The van der Waals surface area contributed by atoms with Crippen LogP contribution < -0.4 is 5.32 Å². The Kier molecular flexibility index (Phi) is 123. The van der Waals surface area contributed by atoms with Crippen molar-refractivity contribution < 1.29 is 168 Å². The number of β-amino-alcohol motifs (C(OH)–C–C–N with tert-alkyl or cyclic N) is 3. The summed E-state index contributed by atoms with van der Waals surface area (Å²) in [7, 11) is 1.85. The fraction of sp³-hybridized carbons (Fsp3) is 1.00. The summed E-state index contributed by atoms with van der Waals surface area (Å²) in [6.45, 7) is 42.0. The van der Waals surface area contributed by atoms with Crippen LogP contribution >= 0.6 is 0 Å². The third kappa shape index (κ3) is 110. The van der Waals surface area contributed by atoms with Gasteiger partial charge in [0, 0.05) is 242 Å². The number of aliphatic hydroxyl groups is 32. The summed E-state index contributed by atoms with van der Waals surface area (Å²) in [6.07, 6.45) is -5.15. The van der Waals surface area contributed by atoms with Crippen molar-refractivity contribution in [2.45, 2.75) is 149 Å². The highest BCUT2D eigenvalue weighted by molar-refractivity contribution is 4.89. The summed E-state index contributed by atoms with van der Waals surface area (Å²) in [4.78, 5) is 25.1. The molecule has 132 heavy (non-hydrogen) atoms. The van der Waals surface area contributed by atoms with Gasteiger partial charge in [-0.25, -0.2) is 0 Å². The van der Waals surface area contributed by atoms with Crippen molar-refractivity contribution in [3.63, 3.8) is 0 Å². The van der Waals surface area contributed by atoms with E-state index in [1.54, 1.807) is 74.1 Å². The number of rotatable bonds is 73. The van der Waals surface area contributed by atoms with Crippen LogP contribution in [0.3, 0.4) is 0 Å². The second-order valence-electron chi connectivity index (χ2n) is 32.6. The van der Waals surface area contributed by atoms with Crippen molar-refractivity contribution >= 4 is 0 Å². The zero-order valence-electron chi connectivity index (χ0n) is 83.0. The molecule has 11 atom stereocenters. The third-order valence-electron chi connectivity index (χ3n) is 18.6. The predicted molar refractivity (Wildman–Crippen MR) is 509 cm³/mol. The van der Waals surface area contributed by atoms with E-state index in [4.69, 9.17) is 122 Å². The summed E-state index contributed by atoms with van der Waals surface area (Å²) in [5.41, 5.74) is -1.18. The van der Waals surface area contributed by atoms with Gasteiger partial charge in [-0.3, -0.25) is 64.1 Å². The zero-order valence-corrected chi connectivity index (χ0v) is 83.0. The molecular formula is C85H202N14O33. The van der Waals surface area contributed by atoms with Gasteiger partial charge in [-0.05, 0) is 82.8 Å². The standard InChI is InChI=1S/C19H43N3O5.C14H32N2O4.C10H24N2O4.C8H19NO5.C7H15NO3.C7H17NO3.C6H15NO3.C6H15NO2.C5H13NO2.C3H9NO2/c1-15(23)10-20(6-8-21(11-16(2)24)12-17(3)25)7-9-22(13-18(4)26)14-19(5)27;1-11(17)7-15(8-12(2)18)5-6-16(9-13(3)19)10-14(4)20;13-7-3-11(4-8-14)1-2-12(5-9-15)6-10-16;10-3-1-9(2-4-11)8(5-12,6-13)7-14;9-6-7(10)5-8-1-3-11-4-2-8;1-7(11)6-8(2-4-9)3-5-10;8-4-1-7(2-5-9)3-6-10;1-2-7(3-5-8)4-6-9;1-6(2-4-7)3-5-8;5-2-1-4-3-6/h15-19,23-27H,6-14H2,1-5H3;11-14,17-20H,5-10H2,1-4H3;13-16H,1-10H2;10-14H,1-7H2;7,9-10H,1-6H2;7,9-11H,2-6H2,1H3;8-10H,1-6H2;8-9H,2-6H2,1H3;7-8H,2-5H2,1H3;4-6H,1-3H2. The van der Waals surface area contributed by atoms with Crippen LogP contribution in [0.15, 0.2) is 0 Å². The Labute approximate surface area is 790 Å². The summed E-state index contributed by atoms with van der Waals surface area (Å²) in [5.74, 6) is 0. The highest BCUT2D eigenvalue weighted by Gasteiger charge is 2.35. The second kappa shape index (κ2) is 110. The maximum absolute atomic E-state index is 9.81. The fourth-order valence-electron chi connectivity index (χ4n) is 12.5. The number of hydrogen-bond donors (Lipinski definition) is 33. The van der Waals surface area contributed by atoms with Gasteiger partial charge in [-0.1, -0.05) is 6.92 Å². The summed E-state index contributed by atoms with van der Waals surface area (Å²) in [6, 6.07) is 0. The molecule has 0 aliphatic carbocycles. The number of ether oxygens (including phenoxy) is 1. The van der Waals surface area contributed by atoms with E-state index in [1.807, 2.05) is 58.1 Å². The molecule has 0 aromatic rings. The van der Waals surface area contributed by atoms with Crippen molar-refractivity contribution in [2.75, 3.05) is 408 Å². The number of morpholine rings is 1. The van der Waals surface area contributed by atoms with E-state index >= 15 is 0 Å². The van der Waals surface area contributed by atoms with Crippen molar-refractivity contribution in [3.8, 4) is 0 Å². The Morgan fingerprint density at radius 2 is 0.470 bits per heavy atom. The Balaban J connectivity index is -0.000000187. The zero-order chi connectivity index (χ0) is 103. The molecule has 0 aromatic carbocycles. The molecular weight excluding hydrogens is 1740 g/mol. The fourth-order valence-corrected chi connectivity index (χ4v) is 12.5. The van der Waals surface area contributed by atoms with Gasteiger partial charge in [0.2, 0.25) is 0 Å². The molecule has 1 saturated heterocycles. The number of nitrogens with one attached hydrogen (secondary N) is 1. The average molecular weight is 1950 g/mol. The van der Waals surface area contributed by atoms with Crippen molar-refractivity contribution in [3.05, 3.63) is 0 Å². The monoisotopic (exact) mass is 1950 g/mol. The molecule has 0 saturated carbocycles. The third-order valence-corrected chi connectivity index (χ3v) is 18.6. The lowest BCUT2D eigenvalue weighted by atomic mass is 10.0. The Bertz CT molecular complexity index is 1980. The number of likely N-dealkylation sites (N-methyl/N-ethyl adjacent to an activating group) is 2. The maximum Gasteiger partial charge on any atom is 0.0932 e. The van der Waals surface area contributed by atoms with Gasteiger partial charge in [-0.15, -0.1) is 0 Å². The van der Waals surface area contributed by atoms with E-state index in [2.05, 4.69) is 15.1 Å². The van der Waals surface area contributed by atoms with Crippen LogP contribution in [0, 0.1) is 0 Å². The first kappa shape index (κ1) is 148. The van der Waals surface area contributed by atoms with Gasteiger partial charge in [0.15, 0.2) is 0 Å². The van der Waals surface area contributed by atoms with Crippen LogP contribution in [0.2, 0.25) is 0 Å². The van der Waals surface area contributed by atoms with Crippen LogP contribution in [-0.2, 0) is 4.74 Å². The number of nitrogens with zero attached hydrogens (tertiary/aromatic N) is 13. The molecule has 810 valence electrons. The molecule has 11 unspecified atom stereocenters. The molecule has 0 bridgehead atoms. The first-order chi connectivity index (χ1) is 62.6. The van der Waals surface area contributed by atoms with Crippen LogP contribution in [-0.4, -0.2) is 708 Å². The molecule has 0 aromatic heterocycles. The quantitative estimate of drug-likeness (QED) is 0.0199. The molecule has 1 aliphatic rings. The predicted octanol–water partition coefficient (Wildman–Crippen LogP) is -15.2. The molecule has 0 amide bonds. The molecule has 33 N–H and O–H groups in total. The minimum absolute atomic E-state index is 0.0550. The average Bonchev–Trinajstić information content (AvgIpc) is 0.842. The minimum atomic E-state index is -1.18. The first-order valence-corrected chi connectivity index (χ1v) is 46.6. The number of hydrogen-bond acceptors (Lipinski definition) is 47. The van der Waals surface area contributed by atoms with Crippen LogP contribution in [0.5, 0.6) is 0 Å². The largest absolute Gasteiger partial charge is 0.395 e. The lowest BCUT2D eigenvalue weighted by Gasteiger charge is -2.39. The normalized spacial score (nSPS) is 14.9. The highest BCUT2D eigenvalue weighted by atomic mass is 16.5. The lowest BCUT2D eigenvalue weighted by Crippen LogP contribution is -2.58. The molecule has 1 rings (SSSR count). The van der Waals surface area contributed by atoms with Gasteiger partial charge in [0.05, 0.1) is 225 Å². The van der Waals surface area contributed by atoms with Gasteiger partial charge < -0.3 is 173 Å². The highest BCUT2D eigenvalue weighted by Crippen LogP contribution is 2.14. The van der Waals surface area contributed by atoms with Crippen molar-refractivity contribution in [1.29, 1.82) is 0 Å². The second-order valence-corrected chi connectivity index (χ2v) is 32.6. The van der Waals surface area contributed by atoms with Gasteiger partial charge in [0.1, 0.15) is 0 Å². The van der Waals surface area contributed by atoms with Gasteiger partial charge in [-0.2, -0.15) is 0 Å². The lowest BCUT2D eigenvalue weighted by molar-refractivity contribution is -0.0579. The van der Waals surface area contributed by atoms with Crippen molar-refractivity contribution in [2.24, 2.45) is 0 Å². The smallest absolute Gasteiger partial charge is 0.0932 e. The summed E-state index contributed by atoms with van der Waals surface area (Å²) in [5, 5.41) is 288. The van der Waals surface area contributed by atoms with Crippen molar-refractivity contribution in [1.82, 2.24) is 69.0 Å². The first-order valence-electron chi connectivity index (χ1n) is 46.6. The van der Waals surface area contributed by atoms with E-state index in [9.17, 15) is 46.0 Å². The molecule has 1 heterocycles. The summed E-state index contributed by atoms with van der Waals surface area (Å²) < 4.78 is 5.13. The van der Waals surface area contributed by atoms with E-state index < -0.39 is 92.5 Å². The van der Waals surface area contributed by atoms with E-state index in [1.165, 1.54) is 4.90 Å². The molecule has 47 heteroatoms. The van der Waals surface area contributed by atoms with E-state index in [0.29, 0.717) is 216 Å². The molecule has 0 radical (unpaired) electrons. The van der Waals surface area contributed by atoms with Crippen LogP contribution in [0.1, 0.15) is 76.2 Å². The topological polar surface area (TPSA) is 711 Å². The minimum Gasteiger partial charge on any atom is -0.395 e. The Morgan fingerprint density at radius 3 is 0.667 bits per heavy atom. The molecule has 0 spiro atoms. The Hall–Kier alpha value is -1.88. The Morgan fingerprint density at radius 1 is 0.265 bits per heavy atom. The number of aliphatic hydroxyl groups excluding tert-OH is 32. The van der Waals surface area contributed by atoms with Gasteiger partial charge in [0.25, 0.3) is 0 Å². The van der Waals surface area contributed by atoms with Crippen LogP contribution in [0.25, 0.3) is 0 Å². The van der Waals surface area contributed by atoms with Gasteiger partial charge >= 0.3 is 0 Å². The maximum atomic E-state index is 9.81. The van der Waals surface area contributed by atoms with E-state index in [0.717, 1.165) is 32.8 Å². The molecule has 1 fully saturated rings. The summed E-state index contributed by atoms with van der Waals surface area (Å²) >= 11 is 0. The van der Waals surface area contributed by atoms with E-state index in [-0.39, 0.29) is 132 Å². The SMILES string of the molecule is CC(O)CN(CCN(CC(C)O)CC(C)O)CC(C)O.CC(O)CN(CCN(CC(C)O)CC(C)O)CCN(CC(C)O)CC(C)O.CC(O)CN(CCO)CCO.CCN(CCO)CCO.CN(CCO)CCO.OCC(O)CN1CCOCC1.OCCN(CCO)C(CO)(CO)CO.OCCN(CCO)CCN(CCO)CCO.OCCN(CCO)CCO.OCCNCO. The molecule has 1 aliphatic heterocycles. The van der Waals surface area contributed by atoms with Crippen LogP contribution in [0.4, 0.5) is 0 Å². The molecule has 47 nitrogen and oxygen atoms in total.